The Hall–Kier alpha value is -1.22. The molecule has 0 spiro atoms. The number of phenols is 1. The molecule has 0 amide bonds. The minimum atomic E-state index is 0.188. The summed E-state index contributed by atoms with van der Waals surface area (Å²) in [6, 6.07) is 5.24. The van der Waals surface area contributed by atoms with Crippen molar-refractivity contribution in [2.24, 2.45) is 5.73 Å². The Balaban J connectivity index is 2.67. The molecule has 0 radical (unpaired) electrons. The molecule has 5 N–H and O–H groups in total. The number of nitrogens with two attached hydrogens (primary N) is 2. The minimum absolute atomic E-state index is 0.188. The van der Waals surface area contributed by atoms with Gasteiger partial charge in [-0.3, -0.25) is 0 Å². The molecule has 0 aliphatic rings. The lowest BCUT2D eigenvalue weighted by Crippen LogP contribution is -2.15. The van der Waals surface area contributed by atoms with E-state index in [-0.39, 0.29) is 11.8 Å². The number of nitrogen functional groups attached to an aromatic ring is 1. The van der Waals surface area contributed by atoms with E-state index in [9.17, 15) is 0 Å². The molecule has 0 saturated heterocycles. The first kappa shape index (κ1) is 9.86. The maximum Gasteiger partial charge on any atom is 0.117 e. The van der Waals surface area contributed by atoms with Crippen molar-refractivity contribution >= 4 is 5.69 Å². The smallest absolute Gasteiger partial charge is 0.117 e. The normalized spacial score (nSPS) is 12.8. The van der Waals surface area contributed by atoms with E-state index < -0.39 is 0 Å². The lowest BCUT2D eigenvalue weighted by atomic mass is 10.0. The third kappa shape index (κ3) is 2.95. The number of phenolic OH excluding ortho intramolecular Hbond substituents is 1. The molecule has 0 aliphatic heterocycles. The number of anilines is 1. The fraction of sp³-hybridized carbons (Fsp3) is 0.400. The van der Waals surface area contributed by atoms with Crippen molar-refractivity contribution in [1.82, 2.24) is 0 Å². The highest BCUT2D eigenvalue weighted by Crippen LogP contribution is 2.19. The molecule has 0 bridgehead atoms. The van der Waals surface area contributed by atoms with Crippen molar-refractivity contribution in [3.8, 4) is 5.75 Å². The molecule has 1 aromatic carbocycles. The van der Waals surface area contributed by atoms with Gasteiger partial charge in [-0.05, 0) is 31.4 Å². The Labute approximate surface area is 78.4 Å². The third-order valence-electron chi connectivity index (χ3n) is 2.00. The van der Waals surface area contributed by atoms with Crippen LogP contribution < -0.4 is 11.5 Å². The van der Waals surface area contributed by atoms with Crippen LogP contribution in [0, 0.1) is 0 Å². The van der Waals surface area contributed by atoms with E-state index in [1.165, 1.54) is 0 Å². The van der Waals surface area contributed by atoms with Crippen LogP contribution >= 0.6 is 0 Å². The van der Waals surface area contributed by atoms with Crippen LogP contribution in [0.1, 0.15) is 18.9 Å². The molecule has 3 heteroatoms. The average Bonchev–Trinajstić information content (AvgIpc) is 2.02. The summed E-state index contributed by atoms with van der Waals surface area (Å²) in [6.07, 6.45) is 1.78. The Bertz CT molecular complexity index is 284. The zero-order valence-corrected chi connectivity index (χ0v) is 7.83. The number of rotatable bonds is 3. The summed E-state index contributed by atoms with van der Waals surface area (Å²) in [7, 11) is 0. The summed E-state index contributed by atoms with van der Waals surface area (Å²) in [4.78, 5) is 0. The van der Waals surface area contributed by atoms with Gasteiger partial charge in [0.2, 0.25) is 0 Å². The second kappa shape index (κ2) is 4.14. The molecule has 3 nitrogen and oxygen atoms in total. The average molecular weight is 180 g/mol. The minimum Gasteiger partial charge on any atom is -0.508 e. The van der Waals surface area contributed by atoms with Gasteiger partial charge in [0.1, 0.15) is 5.75 Å². The van der Waals surface area contributed by atoms with Gasteiger partial charge < -0.3 is 16.6 Å². The number of hydrogen-bond acceptors (Lipinski definition) is 3. The van der Waals surface area contributed by atoms with Gasteiger partial charge >= 0.3 is 0 Å². The second-order valence-electron chi connectivity index (χ2n) is 3.40. The third-order valence-corrected chi connectivity index (χ3v) is 2.00. The van der Waals surface area contributed by atoms with Gasteiger partial charge in [-0.25, -0.2) is 0 Å². The second-order valence-corrected chi connectivity index (χ2v) is 3.40. The van der Waals surface area contributed by atoms with E-state index in [0.29, 0.717) is 5.69 Å². The molecular formula is C10H16N2O. The van der Waals surface area contributed by atoms with Crippen LogP contribution in [-0.2, 0) is 6.42 Å². The number of benzene rings is 1. The molecule has 0 fully saturated rings. The summed E-state index contributed by atoms with van der Waals surface area (Å²) >= 11 is 0. The highest BCUT2D eigenvalue weighted by atomic mass is 16.3. The SMILES string of the molecule is C[C@H](N)CCc1ccc(O)cc1N. The van der Waals surface area contributed by atoms with Crippen molar-refractivity contribution in [2.45, 2.75) is 25.8 Å². The van der Waals surface area contributed by atoms with Crippen molar-refractivity contribution in [2.75, 3.05) is 5.73 Å². The van der Waals surface area contributed by atoms with Crippen LogP contribution in [0.2, 0.25) is 0 Å². The molecule has 13 heavy (non-hydrogen) atoms. The van der Waals surface area contributed by atoms with E-state index in [0.717, 1.165) is 18.4 Å². The van der Waals surface area contributed by atoms with Crippen molar-refractivity contribution in [3.63, 3.8) is 0 Å². The van der Waals surface area contributed by atoms with E-state index in [1.54, 1.807) is 12.1 Å². The number of aryl methyl sites for hydroxylation is 1. The molecule has 0 aliphatic carbocycles. The maximum absolute atomic E-state index is 9.11. The summed E-state index contributed by atoms with van der Waals surface area (Å²) in [6.45, 7) is 1.97. The fourth-order valence-electron chi connectivity index (χ4n) is 1.19. The lowest BCUT2D eigenvalue weighted by molar-refractivity contribution is 0.475. The Kier molecular flexibility index (Phi) is 3.14. The summed E-state index contributed by atoms with van der Waals surface area (Å²) in [5.74, 6) is 0.210. The van der Waals surface area contributed by atoms with Gasteiger partial charge in [-0.15, -0.1) is 0 Å². The summed E-state index contributed by atoms with van der Waals surface area (Å²) in [5.41, 5.74) is 13.0. The van der Waals surface area contributed by atoms with Gasteiger partial charge in [0.05, 0.1) is 0 Å². The predicted octanol–water partition coefficient (Wildman–Crippen LogP) is 1.25. The van der Waals surface area contributed by atoms with Crippen LogP contribution in [0.5, 0.6) is 5.75 Å². The van der Waals surface area contributed by atoms with E-state index >= 15 is 0 Å². The molecule has 0 unspecified atom stereocenters. The molecule has 0 saturated carbocycles. The van der Waals surface area contributed by atoms with Gasteiger partial charge in [0.25, 0.3) is 0 Å². The quantitative estimate of drug-likeness (QED) is 0.613. The zero-order valence-electron chi connectivity index (χ0n) is 7.83. The fourth-order valence-corrected chi connectivity index (χ4v) is 1.19. The van der Waals surface area contributed by atoms with Gasteiger partial charge in [0.15, 0.2) is 0 Å². The van der Waals surface area contributed by atoms with E-state index in [1.807, 2.05) is 13.0 Å². The van der Waals surface area contributed by atoms with Crippen LogP contribution in [0.3, 0.4) is 0 Å². The highest BCUT2D eigenvalue weighted by molar-refractivity contribution is 5.50. The first-order chi connectivity index (χ1) is 6.09. The van der Waals surface area contributed by atoms with Crippen LogP contribution in [0.25, 0.3) is 0 Å². The molecule has 0 heterocycles. The van der Waals surface area contributed by atoms with Crippen molar-refractivity contribution < 1.29 is 5.11 Å². The summed E-state index contributed by atoms with van der Waals surface area (Å²) in [5, 5.41) is 9.11. The van der Waals surface area contributed by atoms with Crippen molar-refractivity contribution in [1.29, 1.82) is 0 Å². The molecule has 1 aromatic rings. The first-order valence-electron chi connectivity index (χ1n) is 4.42. The van der Waals surface area contributed by atoms with Crippen LogP contribution in [0.4, 0.5) is 5.69 Å². The lowest BCUT2D eigenvalue weighted by Gasteiger charge is -2.07. The molecule has 72 valence electrons. The largest absolute Gasteiger partial charge is 0.508 e. The topological polar surface area (TPSA) is 72.3 Å². The molecule has 1 rings (SSSR count). The Morgan fingerprint density at radius 3 is 2.69 bits per heavy atom. The number of hydrogen-bond donors (Lipinski definition) is 3. The van der Waals surface area contributed by atoms with E-state index in [2.05, 4.69) is 0 Å². The standard InChI is InChI=1S/C10H16N2O/c1-7(11)2-3-8-4-5-9(13)6-10(8)12/h4-7,13H,2-3,11-12H2,1H3/t7-/m0/s1. The highest BCUT2D eigenvalue weighted by Gasteiger charge is 2.01. The zero-order chi connectivity index (χ0) is 9.84. The molecule has 1 atom stereocenters. The van der Waals surface area contributed by atoms with E-state index in [4.69, 9.17) is 16.6 Å². The Morgan fingerprint density at radius 2 is 2.15 bits per heavy atom. The summed E-state index contributed by atoms with van der Waals surface area (Å²) < 4.78 is 0. The molecular weight excluding hydrogens is 164 g/mol. The van der Waals surface area contributed by atoms with Gasteiger partial charge in [-0.2, -0.15) is 0 Å². The van der Waals surface area contributed by atoms with Crippen molar-refractivity contribution in [3.05, 3.63) is 23.8 Å². The Morgan fingerprint density at radius 1 is 1.46 bits per heavy atom. The van der Waals surface area contributed by atoms with Gasteiger partial charge in [0, 0.05) is 17.8 Å². The predicted molar refractivity (Wildman–Crippen MR) is 54.5 cm³/mol. The maximum atomic E-state index is 9.11. The van der Waals surface area contributed by atoms with Crippen LogP contribution in [0.15, 0.2) is 18.2 Å². The first-order valence-corrected chi connectivity index (χ1v) is 4.42. The number of aromatic hydroxyl groups is 1. The monoisotopic (exact) mass is 180 g/mol. The molecule has 0 aromatic heterocycles. The van der Waals surface area contributed by atoms with Gasteiger partial charge in [-0.1, -0.05) is 6.07 Å². The van der Waals surface area contributed by atoms with Crippen LogP contribution in [-0.4, -0.2) is 11.1 Å².